The molecule has 0 saturated heterocycles. The second-order valence-electron chi connectivity index (χ2n) is 3.94. The Labute approximate surface area is 91.7 Å². The van der Waals surface area contributed by atoms with Crippen molar-refractivity contribution in [1.29, 1.82) is 0 Å². The lowest BCUT2D eigenvalue weighted by molar-refractivity contribution is 0.326. The SMILES string of the molecule is CNCCN(C)Cc1cc(C)nnc1C. The topological polar surface area (TPSA) is 41.0 Å². The molecule has 0 amide bonds. The van der Waals surface area contributed by atoms with Crippen LogP contribution in [0.1, 0.15) is 17.0 Å². The van der Waals surface area contributed by atoms with E-state index in [9.17, 15) is 0 Å². The van der Waals surface area contributed by atoms with Crippen molar-refractivity contribution in [3.8, 4) is 0 Å². The minimum Gasteiger partial charge on any atom is -0.318 e. The summed E-state index contributed by atoms with van der Waals surface area (Å²) in [7, 11) is 4.09. The van der Waals surface area contributed by atoms with Gasteiger partial charge in [-0.3, -0.25) is 0 Å². The smallest absolute Gasteiger partial charge is 0.0645 e. The Hall–Kier alpha value is -1.00. The summed E-state index contributed by atoms with van der Waals surface area (Å²) >= 11 is 0. The molecule has 0 atom stereocenters. The number of hydrogen-bond acceptors (Lipinski definition) is 4. The largest absolute Gasteiger partial charge is 0.318 e. The molecule has 84 valence electrons. The van der Waals surface area contributed by atoms with Gasteiger partial charge in [0.15, 0.2) is 0 Å². The highest BCUT2D eigenvalue weighted by Gasteiger charge is 2.04. The van der Waals surface area contributed by atoms with Crippen molar-refractivity contribution in [1.82, 2.24) is 20.4 Å². The molecule has 0 unspecified atom stereocenters. The Morgan fingerprint density at radius 2 is 2.07 bits per heavy atom. The van der Waals surface area contributed by atoms with Crippen LogP contribution in [0, 0.1) is 13.8 Å². The van der Waals surface area contributed by atoms with Gasteiger partial charge in [0.2, 0.25) is 0 Å². The van der Waals surface area contributed by atoms with E-state index in [1.165, 1.54) is 5.56 Å². The molecule has 0 saturated carbocycles. The summed E-state index contributed by atoms with van der Waals surface area (Å²) in [6.45, 7) is 6.96. The minimum atomic E-state index is 0.934. The predicted octanol–water partition coefficient (Wildman–Crippen LogP) is 0.745. The molecule has 0 spiro atoms. The average molecular weight is 208 g/mol. The number of likely N-dealkylation sites (N-methyl/N-ethyl adjacent to an activating group) is 2. The number of hydrogen-bond donors (Lipinski definition) is 1. The van der Waals surface area contributed by atoms with Gasteiger partial charge in [-0.25, -0.2) is 0 Å². The molecule has 4 heteroatoms. The first kappa shape index (κ1) is 12.1. The van der Waals surface area contributed by atoms with Gasteiger partial charge in [0, 0.05) is 19.6 Å². The van der Waals surface area contributed by atoms with E-state index in [-0.39, 0.29) is 0 Å². The van der Waals surface area contributed by atoms with Crippen molar-refractivity contribution >= 4 is 0 Å². The fraction of sp³-hybridized carbons (Fsp3) is 0.636. The second-order valence-corrected chi connectivity index (χ2v) is 3.94. The van der Waals surface area contributed by atoms with Gasteiger partial charge in [-0.05, 0) is 39.6 Å². The number of aromatic nitrogens is 2. The van der Waals surface area contributed by atoms with Crippen molar-refractivity contribution in [3.05, 3.63) is 23.0 Å². The Balaban J connectivity index is 2.59. The number of aryl methyl sites for hydroxylation is 2. The second kappa shape index (κ2) is 5.78. The fourth-order valence-electron chi connectivity index (χ4n) is 1.44. The molecule has 1 N–H and O–H groups in total. The maximum absolute atomic E-state index is 4.12. The molecular formula is C11H20N4. The van der Waals surface area contributed by atoms with Gasteiger partial charge >= 0.3 is 0 Å². The molecule has 0 aliphatic carbocycles. The van der Waals surface area contributed by atoms with Crippen molar-refractivity contribution < 1.29 is 0 Å². The van der Waals surface area contributed by atoms with Gasteiger partial charge in [0.1, 0.15) is 0 Å². The third-order valence-electron chi connectivity index (χ3n) is 2.39. The molecule has 0 aliphatic rings. The lowest BCUT2D eigenvalue weighted by Gasteiger charge is -2.17. The molecule has 4 nitrogen and oxygen atoms in total. The fourth-order valence-corrected chi connectivity index (χ4v) is 1.44. The van der Waals surface area contributed by atoms with Crippen LogP contribution in [0.25, 0.3) is 0 Å². The number of nitrogens with zero attached hydrogens (tertiary/aromatic N) is 3. The van der Waals surface area contributed by atoms with Gasteiger partial charge in [-0.1, -0.05) is 0 Å². The van der Waals surface area contributed by atoms with Crippen LogP contribution >= 0.6 is 0 Å². The molecule has 0 aromatic carbocycles. The molecule has 1 heterocycles. The summed E-state index contributed by atoms with van der Waals surface area (Å²) in [5.41, 5.74) is 3.27. The minimum absolute atomic E-state index is 0.934. The normalized spacial score (nSPS) is 11.0. The van der Waals surface area contributed by atoms with Crippen LogP contribution in [0.4, 0.5) is 0 Å². The summed E-state index contributed by atoms with van der Waals surface area (Å²) < 4.78 is 0. The third-order valence-corrected chi connectivity index (χ3v) is 2.39. The van der Waals surface area contributed by atoms with Crippen molar-refractivity contribution in [2.24, 2.45) is 0 Å². The highest BCUT2D eigenvalue weighted by molar-refractivity contribution is 5.19. The molecule has 0 aliphatic heterocycles. The molecule has 1 aromatic heterocycles. The Morgan fingerprint density at radius 3 is 2.73 bits per heavy atom. The van der Waals surface area contributed by atoms with Crippen LogP contribution in [0.5, 0.6) is 0 Å². The predicted molar refractivity (Wildman–Crippen MR) is 61.8 cm³/mol. The van der Waals surface area contributed by atoms with E-state index in [0.717, 1.165) is 31.0 Å². The van der Waals surface area contributed by atoms with Crippen LogP contribution in [-0.2, 0) is 6.54 Å². The molecule has 1 aromatic rings. The van der Waals surface area contributed by atoms with Gasteiger partial charge in [0.25, 0.3) is 0 Å². The summed E-state index contributed by atoms with van der Waals surface area (Å²) in [5.74, 6) is 0. The van der Waals surface area contributed by atoms with Crippen LogP contribution < -0.4 is 5.32 Å². The molecule has 1 rings (SSSR count). The zero-order valence-corrected chi connectivity index (χ0v) is 10.0. The number of rotatable bonds is 5. The summed E-state index contributed by atoms with van der Waals surface area (Å²) in [4.78, 5) is 2.28. The maximum Gasteiger partial charge on any atom is 0.0645 e. The highest BCUT2D eigenvalue weighted by Crippen LogP contribution is 2.07. The zero-order chi connectivity index (χ0) is 11.3. The molecule has 0 radical (unpaired) electrons. The monoisotopic (exact) mass is 208 g/mol. The Kier molecular flexibility index (Phi) is 4.65. The van der Waals surface area contributed by atoms with Crippen LogP contribution in [0.3, 0.4) is 0 Å². The van der Waals surface area contributed by atoms with E-state index in [1.807, 2.05) is 20.9 Å². The molecule has 0 fully saturated rings. The first-order valence-corrected chi connectivity index (χ1v) is 5.26. The summed E-state index contributed by atoms with van der Waals surface area (Å²) in [5, 5.41) is 11.3. The van der Waals surface area contributed by atoms with Gasteiger partial charge in [-0.15, -0.1) is 0 Å². The zero-order valence-electron chi connectivity index (χ0n) is 10.0. The van der Waals surface area contributed by atoms with E-state index in [1.54, 1.807) is 0 Å². The lowest BCUT2D eigenvalue weighted by atomic mass is 10.2. The van der Waals surface area contributed by atoms with Crippen molar-refractivity contribution in [2.75, 3.05) is 27.2 Å². The standard InChI is InChI=1S/C11H20N4/c1-9-7-11(10(2)14-13-9)8-15(4)6-5-12-3/h7,12H,5-6,8H2,1-4H3. The number of nitrogens with one attached hydrogen (secondary N) is 1. The van der Waals surface area contributed by atoms with Crippen LogP contribution in [0.15, 0.2) is 6.07 Å². The van der Waals surface area contributed by atoms with Crippen LogP contribution in [-0.4, -0.2) is 42.3 Å². The van der Waals surface area contributed by atoms with Crippen molar-refractivity contribution in [2.45, 2.75) is 20.4 Å². The summed E-state index contributed by atoms with van der Waals surface area (Å²) in [6, 6.07) is 2.11. The van der Waals surface area contributed by atoms with E-state index in [0.29, 0.717) is 0 Å². The third kappa shape index (κ3) is 3.93. The van der Waals surface area contributed by atoms with Gasteiger partial charge in [-0.2, -0.15) is 10.2 Å². The highest BCUT2D eigenvalue weighted by atomic mass is 15.1. The Bertz CT molecular complexity index is 311. The van der Waals surface area contributed by atoms with Crippen molar-refractivity contribution in [3.63, 3.8) is 0 Å². The summed E-state index contributed by atoms with van der Waals surface area (Å²) in [6.07, 6.45) is 0. The van der Waals surface area contributed by atoms with Gasteiger partial charge in [0.05, 0.1) is 11.4 Å². The molecular weight excluding hydrogens is 188 g/mol. The van der Waals surface area contributed by atoms with E-state index in [4.69, 9.17) is 0 Å². The lowest BCUT2D eigenvalue weighted by Crippen LogP contribution is -2.27. The maximum atomic E-state index is 4.12. The van der Waals surface area contributed by atoms with E-state index >= 15 is 0 Å². The average Bonchev–Trinajstić information content (AvgIpc) is 2.20. The van der Waals surface area contributed by atoms with Crippen LogP contribution in [0.2, 0.25) is 0 Å². The first-order valence-electron chi connectivity index (χ1n) is 5.26. The first-order chi connectivity index (χ1) is 7.13. The quantitative estimate of drug-likeness (QED) is 0.775. The molecule has 0 bridgehead atoms. The Morgan fingerprint density at radius 1 is 1.33 bits per heavy atom. The van der Waals surface area contributed by atoms with E-state index < -0.39 is 0 Å². The van der Waals surface area contributed by atoms with E-state index in [2.05, 4.69) is 33.5 Å². The molecule has 15 heavy (non-hydrogen) atoms. The van der Waals surface area contributed by atoms with Gasteiger partial charge < -0.3 is 10.2 Å².